The summed E-state index contributed by atoms with van der Waals surface area (Å²) >= 11 is 0. The number of para-hydroxylation sites is 1. The van der Waals surface area contributed by atoms with Crippen molar-refractivity contribution in [2.24, 2.45) is 0 Å². The van der Waals surface area contributed by atoms with Crippen molar-refractivity contribution in [3.63, 3.8) is 0 Å². The van der Waals surface area contributed by atoms with E-state index in [0.29, 0.717) is 25.0 Å². The molecule has 2 aromatic carbocycles. The van der Waals surface area contributed by atoms with Gasteiger partial charge in [-0.25, -0.2) is 0 Å². The molecule has 178 valence electrons. The van der Waals surface area contributed by atoms with E-state index in [9.17, 15) is 9.59 Å². The summed E-state index contributed by atoms with van der Waals surface area (Å²) in [5, 5.41) is 3.12. The van der Waals surface area contributed by atoms with Gasteiger partial charge in [0.05, 0.1) is 20.3 Å². The maximum atomic E-state index is 12.8. The molecule has 1 unspecified atom stereocenters. The Bertz CT molecular complexity index is 940. The standard InChI is InChI=1S/C26H34N2O5/c1-4-22(27-25(29)14-11-19-17-20(31-2)12-13-23(19)32-3)21-9-5-6-10-24(21)33-18-26(30)28-15-7-8-16-28/h5-6,9-10,12-13,17,22H,4,7-8,11,14-16,18H2,1-3H3,(H,27,29). The zero-order valence-corrected chi connectivity index (χ0v) is 19.8. The van der Waals surface area contributed by atoms with E-state index in [1.54, 1.807) is 14.2 Å². The second-order valence-electron chi connectivity index (χ2n) is 8.12. The van der Waals surface area contributed by atoms with Crippen molar-refractivity contribution in [1.82, 2.24) is 10.2 Å². The van der Waals surface area contributed by atoms with E-state index >= 15 is 0 Å². The van der Waals surface area contributed by atoms with Crippen molar-refractivity contribution in [2.45, 2.75) is 45.1 Å². The second-order valence-corrected chi connectivity index (χ2v) is 8.12. The number of amides is 2. The lowest BCUT2D eigenvalue weighted by atomic mass is 10.0. The van der Waals surface area contributed by atoms with Gasteiger partial charge in [0.25, 0.3) is 5.91 Å². The molecule has 0 saturated carbocycles. The summed E-state index contributed by atoms with van der Waals surface area (Å²) in [4.78, 5) is 27.0. The van der Waals surface area contributed by atoms with Gasteiger partial charge in [-0.1, -0.05) is 25.1 Å². The number of carbonyl (C=O) groups is 2. The lowest BCUT2D eigenvalue weighted by molar-refractivity contribution is -0.132. The second kappa shape index (κ2) is 12.1. The maximum Gasteiger partial charge on any atom is 0.260 e. The first-order chi connectivity index (χ1) is 16.0. The molecule has 0 aliphatic carbocycles. The van der Waals surface area contributed by atoms with Crippen molar-refractivity contribution in [2.75, 3.05) is 33.9 Å². The summed E-state index contributed by atoms with van der Waals surface area (Å²) in [5.41, 5.74) is 1.80. The summed E-state index contributed by atoms with van der Waals surface area (Å²) < 4.78 is 16.6. The molecule has 1 heterocycles. The number of benzene rings is 2. The summed E-state index contributed by atoms with van der Waals surface area (Å²) in [5.74, 6) is 2.04. The number of methoxy groups -OCH3 is 2. The summed E-state index contributed by atoms with van der Waals surface area (Å²) in [6, 6.07) is 13.0. The fraction of sp³-hybridized carbons (Fsp3) is 0.462. The molecule has 2 amide bonds. The molecule has 2 aromatic rings. The average Bonchev–Trinajstić information content (AvgIpc) is 3.40. The van der Waals surface area contributed by atoms with Crippen molar-refractivity contribution in [3.05, 3.63) is 53.6 Å². The van der Waals surface area contributed by atoms with Crippen molar-refractivity contribution >= 4 is 11.8 Å². The highest BCUT2D eigenvalue weighted by Crippen LogP contribution is 2.28. The Kier molecular flexibility index (Phi) is 8.98. The molecule has 0 radical (unpaired) electrons. The third-order valence-corrected chi connectivity index (χ3v) is 5.96. The van der Waals surface area contributed by atoms with Gasteiger partial charge in [-0.15, -0.1) is 0 Å². The molecule has 7 heteroatoms. The van der Waals surface area contributed by atoms with Crippen LogP contribution in [0.5, 0.6) is 17.2 Å². The molecule has 1 saturated heterocycles. The fourth-order valence-electron chi connectivity index (χ4n) is 4.09. The van der Waals surface area contributed by atoms with E-state index < -0.39 is 0 Å². The van der Waals surface area contributed by atoms with Gasteiger partial charge >= 0.3 is 0 Å². The molecular formula is C26H34N2O5. The van der Waals surface area contributed by atoms with E-state index in [-0.39, 0.29) is 24.5 Å². The first kappa shape index (κ1) is 24.4. The SMILES string of the molecule is CCC(NC(=O)CCc1cc(OC)ccc1OC)c1ccccc1OCC(=O)N1CCCC1. The van der Waals surface area contributed by atoms with E-state index in [4.69, 9.17) is 14.2 Å². The predicted octanol–water partition coefficient (Wildman–Crippen LogP) is 3.91. The van der Waals surface area contributed by atoms with Crippen molar-refractivity contribution in [1.29, 1.82) is 0 Å². The first-order valence-electron chi connectivity index (χ1n) is 11.6. The molecule has 0 aromatic heterocycles. The third kappa shape index (κ3) is 6.63. The minimum Gasteiger partial charge on any atom is -0.497 e. The van der Waals surface area contributed by atoms with Crippen molar-refractivity contribution in [3.8, 4) is 17.2 Å². The van der Waals surface area contributed by atoms with Crippen LogP contribution in [0.3, 0.4) is 0 Å². The molecule has 1 fully saturated rings. The third-order valence-electron chi connectivity index (χ3n) is 5.96. The predicted molar refractivity (Wildman–Crippen MR) is 127 cm³/mol. The Hall–Kier alpha value is -3.22. The number of nitrogens with one attached hydrogen (secondary N) is 1. The number of ether oxygens (including phenoxy) is 3. The Morgan fingerprint density at radius 2 is 1.79 bits per heavy atom. The molecule has 33 heavy (non-hydrogen) atoms. The Balaban J connectivity index is 1.61. The molecule has 0 bridgehead atoms. The van der Waals surface area contributed by atoms with Crippen LogP contribution in [0.2, 0.25) is 0 Å². The van der Waals surface area contributed by atoms with Crippen LogP contribution in [0, 0.1) is 0 Å². The Morgan fingerprint density at radius 1 is 1.03 bits per heavy atom. The molecule has 1 N–H and O–H groups in total. The van der Waals surface area contributed by atoms with Crippen LogP contribution in [-0.4, -0.2) is 50.6 Å². The monoisotopic (exact) mass is 454 g/mol. The molecular weight excluding hydrogens is 420 g/mol. The van der Waals surface area contributed by atoms with E-state index in [1.807, 2.05) is 54.3 Å². The molecule has 3 rings (SSSR count). The van der Waals surface area contributed by atoms with Crippen LogP contribution in [0.4, 0.5) is 0 Å². The van der Waals surface area contributed by atoms with Gasteiger partial charge in [-0.2, -0.15) is 0 Å². The van der Waals surface area contributed by atoms with Crippen LogP contribution in [0.1, 0.15) is 49.8 Å². The van der Waals surface area contributed by atoms with Gasteiger partial charge in [0, 0.05) is 25.1 Å². The number of aryl methyl sites for hydroxylation is 1. The lowest BCUT2D eigenvalue weighted by Gasteiger charge is -2.22. The first-order valence-corrected chi connectivity index (χ1v) is 11.6. The number of likely N-dealkylation sites (tertiary alicyclic amines) is 1. The van der Waals surface area contributed by atoms with Gasteiger partial charge in [0.2, 0.25) is 5.91 Å². The van der Waals surface area contributed by atoms with Crippen LogP contribution in [0.15, 0.2) is 42.5 Å². The fourth-order valence-corrected chi connectivity index (χ4v) is 4.09. The van der Waals surface area contributed by atoms with Crippen LogP contribution >= 0.6 is 0 Å². The quantitative estimate of drug-likeness (QED) is 0.557. The van der Waals surface area contributed by atoms with Gasteiger partial charge < -0.3 is 24.4 Å². The van der Waals surface area contributed by atoms with E-state index in [2.05, 4.69) is 5.32 Å². The summed E-state index contributed by atoms with van der Waals surface area (Å²) in [6.07, 6.45) is 3.65. The van der Waals surface area contributed by atoms with Crippen LogP contribution < -0.4 is 19.5 Å². The summed E-state index contributed by atoms with van der Waals surface area (Å²) in [7, 11) is 3.23. The van der Waals surface area contributed by atoms with Gasteiger partial charge in [0.15, 0.2) is 6.61 Å². The number of hydrogen-bond acceptors (Lipinski definition) is 5. The molecule has 1 aliphatic heterocycles. The lowest BCUT2D eigenvalue weighted by Crippen LogP contribution is -2.32. The van der Waals surface area contributed by atoms with Crippen molar-refractivity contribution < 1.29 is 23.8 Å². The van der Waals surface area contributed by atoms with E-state index in [0.717, 1.165) is 48.6 Å². The van der Waals surface area contributed by atoms with Gasteiger partial charge in [-0.3, -0.25) is 9.59 Å². The van der Waals surface area contributed by atoms with Crippen LogP contribution in [-0.2, 0) is 16.0 Å². The highest BCUT2D eigenvalue weighted by molar-refractivity contribution is 5.78. The Morgan fingerprint density at radius 3 is 2.48 bits per heavy atom. The number of hydrogen-bond donors (Lipinski definition) is 1. The van der Waals surface area contributed by atoms with E-state index in [1.165, 1.54) is 0 Å². The molecule has 1 atom stereocenters. The Labute approximate surface area is 196 Å². The number of rotatable bonds is 11. The smallest absolute Gasteiger partial charge is 0.260 e. The molecule has 7 nitrogen and oxygen atoms in total. The molecule has 0 spiro atoms. The number of carbonyl (C=O) groups excluding carboxylic acids is 2. The molecule has 1 aliphatic rings. The summed E-state index contributed by atoms with van der Waals surface area (Å²) in [6.45, 7) is 3.63. The number of nitrogens with zero attached hydrogens (tertiary/aromatic N) is 1. The largest absolute Gasteiger partial charge is 0.497 e. The highest BCUT2D eigenvalue weighted by Gasteiger charge is 2.21. The van der Waals surface area contributed by atoms with Gasteiger partial charge in [-0.05, 0) is 55.5 Å². The minimum atomic E-state index is -0.206. The zero-order valence-electron chi connectivity index (χ0n) is 19.8. The normalized spacial score (nSPS) is 14.0. The maximum absolute atomic E-state index is 12.8. The average molecular weight is 455 g/mol. The topological polar surface area (TPSA) is 77.1 Å². The van der Waals surface area contributed by atoms with Gasteiger partial charge in [0.1, 0.15) is 17.2 Å². The zero-order chi connectivity index (χ0) is 23.6. The minimum absolute atomic E-state index is 0.00613. The van der Waals surface area contributed by atoms with Crippen LogP contribution in [0.25, 0.3) is 0 Å². The highest BCUT2D eigenvalue weighted by atomic mass is 16.5.